The molecule has 2 nitrogen and oxygen atoms in total. The topological polar surface area (TPSA) is 23.5 Å². The fraction of sp³-hybridized carbons (Fsp3) is 0.600. The Morgan fingerprint density at radius 1 is 1.26 bits per heavy atom. The number of benzene rings is 1. The first-order valence-corrected chi connectivity index (χ1v) is 6.88. The van der Waals surface area contributed by atoms with Crippen molar-refractivity contribution in [2.24, 2.45) is 5.92 Å². The second-order valence-corrected chi connectivity index (χ2v) is 5.33. The normalized spacial score (nSPS) is 21.5. The van der Waals surface area contributed by atoms with Crippen molar-refractivity contribution in [1.82, 2.24) is 4.90 Å². The van der Waals surface area contributed by atoms with Gasteiger partial charge in [0.2, 0.25) is 0 Å². The maximum atomic E-state index is 14.2. The molecule has 1 aliphatic rings. The zero-order valence-electron chi connectivity index (χ0n) is 11.1. The van der Waals surface area contributed by atoms with E-state index in [2.05, 4.69) is 0 Å². The zero-order chi connectivity index (χ0) is 13.7. The number of hydrogen-bond donors (Lipinski definition) is 1. The molecule has 19 heavy (non-hydrogen) atoms. The van der Waals surface area contributed by atoms with E-state index < -0.39 is 5.92 Å². The molecule has 0 amide bonds. The van der Waals surface area contributed by atoms with Gasteiger partial charge in [0.25, 0.3) is 5.92 Å². The quantitative estimate of drug-likeness (QED) is 0.888. The lowest BCUT2D eigenvalue weighted by Gasteiger charge is -2.34. The second-order valence-electron chi connectivity index (χ2n) is 5.33. The van der Waals surface area contributed by atoms with Crippen molar-refractivity contribution in [3.8, 4) is 0 Å². The van der Waals surface area contributed by atoms with Crippen molar-refractivity contribution in [3.05, 3.63) is 35.9 Å². The van der Waals surface area contributed by atoms with E-state index in [1.165, 1.54) is 12.1 Å². The summed E-state index contributed by atoms with van der Waals surface area (Å²) in [4.78, 5) is 1.83. The third-order valence-corrected chi connectivity index (χ3v) is 3.76. The van der Waals surface area contributed by atoms with E-state index in [0.717, 1.165) is 19.4 Å². The van der Waals surface area contributed by atoms with Crippen LogP contribution in [0.15, 0.2) is 30.3 Å². The van der Waals surface area contributed by atoms with E-state index in [-0.39, 0.29) is 18.7 Å². The Bertz CT molecular complexity index is 381. The summed E-state index contributed by atoms with van der Waals surface area (Å²) in [5.74, 6) is -2.45. The van der Waals surface area contributed by atoms with Crippen LogP contribution in [-0.4, -0.2) is 36.2 Å². The number of nitrogens with zero attached hydrogens (tertiary/aromatic N) is 1. The van der Waals surface area contributed by atoms with E-state index in [4.69, 9.17) is 5.11 Å². The predicted octanol–water partition coefficient (Wildman–Crippen LogP) is 2.87. The molecule has 106 valence electrons. The first kappa shape index (κ1) is 14.4. The van der Waals surface area contributed by atoms with Crippen LogP contribution in [0.25, 0.3) is 0 Å². The van der Waals surface area contributed by atoms with E-state index in [0.29, 0.717) is 18.9 Å². The number of hydrogen-bond acceptors (Lipinski definition) is 2. The van der Waals surface area contributed by atoms with Gasteiger partial charge >= 0.3 is 0 Å². The van der Waals surface area contributed by atoms with Crippen LogP contribution in [0.4, 0.5) is 8.78 Å². The third kappa shape index (κ3) is 3.98. The maximum absolute atomic E-state index is 14.2. The van der Waals surface area contributed by atoms with E-state index in [1.54, 1.807) is 18.2 Å². The van der Waals surface area contributed by atoms with E-state index in [1.807, 2.05) is 4.90 Å². The summed E-state index contributed by atoms with van der Waals surface area (Å²) < 4.78 is 28.3. The van der Waals surface area contributed by atoms with Crippen molar-refractivity contribution in [1.29, 1.82) is 0 Å². The highest BCUT2D eigenvalue weighted by atomic mass is 19.3. The molecular weight excluding hydrogens is 248 g/mol. The minimum atomic E-state index is -2.80. The molecule has 1 saturated heterocycles. The highest BCUT2D eigenvalue weighted by Crippen LogP contribution is 2.30. The van der Waals surface area contributed by atoms with Crippen LogP contribution in [0.5, 0.6) is 0 Å². The Morgan fingerprint density at radius 3 is 2.68 bits per heavy atom. The van der Waals surface area contributed by atoms with Gasteiger partial charge in [-0.2, -0.15) is 8.78 Å². The molecular formula is C15H21F2NO. The van der Waals surface area contributed by atoms with Gasteiger partial charge in [0.1, 0.15) is 0 Å². The first-order chi connectivity index (χ1) is 9.12. The van der Waals surface area contributed by atoms with E-state index >= 15 is 0 Å². The van der Waals surface area contributed by atoms with Crippen molar-refractivity contribution >= 4 is 0 Å². The summed E-state index contributed by atoms with van der Waals surface area (Å²) >= 11 is 0. The molecule has 0 spiro atoms. The molecule has 0 bridgehead atoms. The Kier molecular flexibility index (Phi) is 4.88. The number of aliphatic hydroxyl groups is 1. The van der Waals surface area contributed by atoms with E-state index in [9.17, 15) is 8.78 Å². The number of rotatable bonds is 5. The SMILES string of the molecule is OCCC1CCCN(CC(F)(F)c2ccccc2)C1. The van der Waals surface area contributed by atoms with Crippen molar-refractivity contribution in [3.63, 3.8) is 0 Å². The van der Waals surface area contributed by atoms with Crippen LogP contribution in [0, 0.1) is 5.92 Å². The predicted molar refractivity (Wildman–Crippen MR) is 71.2 cm³/mol. The maximum Gasteiger partial charge on any atom is 0.285 e. The molecule has 4 heteroatoms. The van der Waals surface area contributed by atoms with Gasteiger partial charge in [0, 0.05) is 18.7 Å². The Hall–Kier alpha value is -1.00. The number of aliphatic hydroxyl groups excluding tert-OH is 1. The summed E-state index contributed by atoms with van der Waals surface area (Å²) in [5, 5.41) is 8.95. The molecule has 0 radical (unpaired) electrons. The van der Waals surface area contributed by atoms with Gasteiger partial charge in [-0.15, -0.1) is 0 Å². The van der Waals surface area contributed by atoms with Gasteiger partial charge in [-0.25, -0.2) is 0 Å². The summed E-state index contributed by atoms with van der Waals surface area (Å²) in [6, 6.07) is 8.00. The largest absolute Gasteiger partial charge is 0.396 e. The Balaban J connectivity index is 1.96. The first-order valence-electron chi connectivity index (χ1n) is 6.88. The standard InChI is InChI=1S/C15H21F2NO/c16-15(17,14-6-2-1-3-7-14)12-18-9-4-5-13(11-18)8-10-19/h1-3,6-7,13,19H,4-5,8-12H2. The molecule has 1 unspecified atom stereocenters. The monoisotopic (exact) mass is 269 g/mol. The summed E-state index contributed by atoms with van der Waals surface area (Å²) in [5.41, 5.74) is 0.0827. The molecule has 0 saturated carbocycles. The van der Waals surface area contributed by atoms with Crippen molar-refractivity contribution in [2.45, 2.75) is 25.2 Å². The Morgan fingerprint density at radius 2 is 2.00 bits per heavy atom. The summed E-state index contributed by atoms with van der Waals surface area (Å²) in [7, 11) is 0. The zero-order valence-corrected chi connectivity index (χ0v) is 11.1. The van der Waals surface area contributed by atoms with Crippen LogP contribution in [0.3, 0.4) is 0 Å². The van der Waals surface area contributed by atoms with Crippen LogP contribution in [-0.2, 0) is 5.92 Å². The third-order valence-electron chi connectivity index (χ3n) is 3.76. The minimum absolute atomic E-state index is 0.0827. The van der Waals surface area contributed by atoms with Crippen LogP contribution >= 0.6 is 0 Å². The fourth-order valence-electron chi connectivity index (χ4n) is 2.77. The molecule has 1 aromatic rings. The van der Waals surface area contributed by atoms with Gasteiger partial charge in [-0.1, -0.05) is 30.3 Å². The lowest BCUT2D eigenvalue weighted by atomic mass is 9.94. The molecule has 1 heterocycles. The number of likely N-dealkylation sites (tertiary alicyclic amines) is 1. The number of halogens is 2. The molecule has 1 fully saturated rings. The molecule has 0 aliphatic carbocycles. The van der Waals surface area contributed by atoms with Crippen LogP contribution in [0.1, 0.15) is 24.8 Å². The second kappa shape index (κ2) is 6.44. The van der Waals surface area contributed by atoms with Crippen molar-refractivity contribution < 1.29 is 13.9 Å². The molecule has 0 aromatic heterocycles. The molecule has 2 rings (SSSR count). The van der Waals surface area contributed by atoms with Gasteiger partial charge < -0.3 is 5.11 Å². The summed E-state index contributed by atoms with van der Waals surface area (Å²) in [6.07, 6.45) is 2.69. The lowest BCUT2D eigenvalue weighted by Crippen LogP contribution is -2.42. The number of alkyl halides is 2. The molecule has 1 aliphatic heterocycles. The molecule has 1 atom stereocenters. The van der Waals surface area contributed by atoms with Crippen LogP contribution in [0.2, 0.25) is 0 Å². The van der Waals surface area contributed by atoms with Gasteiger partial charge in [0.15, 0.2) is 0 Å². The number of piperidine rings is 1. The Labute approximate surface area is 113 Å². The summed E-state index contributed by atoms with van der Waals surface area (Å²) in [6.45, 7) is 1.32. The van der Waals surface area contributed by atoms with Crippen molar-refractivity contribution in [2.75, 3.05) is 26.2 Å². The van der Waals surface area contributed by atoms with Gasteiger partial charge in [0.05, 0.1) is 6.54 Å². The highest BCUT2D eigenvalue weighted by Gasteiger charge is 2.35. The highest BCUT2D eigenvalue weighted by molar-refractivity contribution is 5.20. The fourth-order valence-corrected chi connectivity index (χ4v) is 2.77. The minimum Gasteiger partial charge on any atom is -0.396 e. The molecule has 1 N–H and O–H groups in total. The lowest BCUT2D eigenvalue weighted by molar-refractivity contribution is -0.0471. The molecule has 1 aromatic carbocycles. The smallest absolute Gasteiger partial charge is 0.285 e. The van der Waals surface area contributed by atoms with Gasteiger partial charge in [-0.3, -0.25) is 4.90 Å². The van der Waals surface area contributed by atoms with Gasteiger partial charge in [-0.05, 0) is 31.7 Å². The average molecular weight is 269 g/mol. The van der Waals surface area contributed by atoms with Crippen LogP contribution < -0.4 is 0 Å². The average Bonchev–Trinajstić information content (AvgIpc) is 2.40.